The maximum Gasteiger partial charge on any atom is 0.416 e. The van der Waals surface area contributed by atoms with Crippen molar-refractivity contribution >= 4 is 5.69 Å². The molecule has 0 amide bonds. The van der Waals surface area contributed by atoms with Crippen LogP contribution in [0.2, 0.25) is 0 Å². The van der Waals surface area contributed by atoms with Crippen molar-refractivity contribution in [2.75, 3.05) is 31.1 Å². The molecule has 0 radical (unpaired) electrons. The van der Waals surface area contributed by atoms with Gasteiger partial charge in [0.25, 0.3) is 0 Å². The second-order valence-corrected chi connectivity index (χ2v) is 5.94. The number of nitrogens with zero attached hydrogens (tertiary/aromatic N) is 2. The molecule has 0 aliphatic carbocycles. The van der Waals surface area contributed by atoms with Gasteiger partial charge in [0.2, 0.25) is 0 Å². The summed E-state index contributed by atoms with van der Waals surface area (Å²) in [5.74, 6) is -0.256. The Bertz CT molecular complexity index is 674. The van der Waals surface area contributed by atoms with Crippen molar-refractivity contribution in [3.8, 4) is 0 Å². The van der Waals surface area contributed by atoms with Crippen molar-refractivity contribution in [1.82, 2.24) is 4.90 Å². The van der Waals surface area contributed by atoms with Crippen molar-refractivity contribution in [2.45, 2.75) is 12.7 Å². The average Bonchev–Trinajstić information content (AvgIpc) is 2.57. The first-order chi connectivity index (χ1) is 11.4. The topological polar surface area (TPSA) is 6.48 Å². The number of alkyl halides is 3. The number of piperazine rings is 1. The molecule has 0 N–H and O–H groups in total. The largest absolute Gasteiger partial charge is 0.416 e. The Hall–Kier alpha value is -2.08. The molecule has 1 heterocycles. The Labute approximate surface area is 138 Å². The third-order valence-electron chi connectivity index (χ3n) is 4.23. The summed E-state index contributed by atoms with van der Waals surface area (Å²) in [6.07, 6.45) is -4.32. The molecule has 128 valence electrons. The summed E-state index contributed by atoms with van der Waals surface area (Å²) in [7, 11) is 0. The van der Waals surface area contributed by atoms with E-state index < -0.39 is 11.7 Å². The van der Waals surface area contributed by atoms with E-state index in [4.69, 9.17) is 0 Å². The highest BCUT2D eigenvalue weighted by molar-refractivity contribution is 5.49. The normalized spacial score (nSPS) is 16.4. The zero-order valence-corrected chi connectivity index (χ0v) is 13.1. The van der Waals surface area contributed by atoms with E-state index in [1.165, 1.54) is 24.3 Å². The fraction of sp³-hybridized carbons (Fsp3) is 0.333. The first kappa shape index (κ1) is 16.8. The Morgan fingerprint density at radius 1 is 0.875 bits per heavy atom. The summed E-state index contributed by atoms with van der Waals surface area (Å²) in [5, 5.41) is 0. The van der Waals surface area contributed by atoms with Crippen molar-refractivity contribution in [2.24, 2.45) is 0 Å². The van der Waals surface area contributed by atoms with Crippen LogP contribution in [0.1, 0.15) is 11.1 Å². The SMILES string of the molecule is Fc1ccc(CN2CCN(c3cccc(C(F)(F)F)c3)CC2)cc1. The van der Waals surface area contributed by atoms with Gasteiger partial charge in [0.1, 0.15) is 5.82 Å². The summed E-state index contributed by atoms with van der Waals surface area (Å²) in [5.41, 5.74) is 1.02. The third kappa shape index (κ3) is 4.06. The van der Waals surface area contributed by atoms with Crippen LogP contribution < -0.4 is 4.90 Å². The second kappa shape index (κ2) is 6.81. The molecule has 6 heteroatoms. The summed E-state index contributed by atoms with van der Waals surface area (Å²) < 4.78 is 51.4. The van der Waals surface area contributed by atoms with Crippen molar-refractivity contribution in [1.29, 1.82) is 0 Å². The first-order valence-corrected chi connectivity index (χ1v) is 7.81. The quantitative estimate of drug-likeness (QED) is 0.775. The zero-order valence-electron chi connectivity index (χ0n) is 13.1. The lowest BCUT2D eigenvalue weighted by Crippen LogP contribution is -2.46. The molecule has 1 aliphatic heterocycles. The molecular weight excluding hydrogens is 320 g/mol. The molecule has 1 aliphatic rings. The van der Waals surface area contributed by atoms with E-state index in [2.05, 4.69) is 4.90 Å². The summed E-state index contributed by atoms with van der Waals surface area (Å²) in [4.78, 5) is 4.19. The van der Waals surface area contributed by atoms with E-state index in [9.17, 15) is 17.6 Å². The molecule has 0 spiro atoms. The van der Waals surface area contributed by atoms with Crippen LogP contribution in [0.4, 0.5) is 23.2 Å². The van der Waals surface area contributed by atoms with Gasteiger partial charge in [-0.25, -0.2) is 4.39 Å². The van der Waals surface area contributed by atoms with Gasteiger partial charge in [-0.3, -0.25) is 4.90 Å². The molecule has 3 rings (SSSR count). The van der Waals surface area contributed by atoms with Gasteiger partial charge in [-0.1, -0.05) is 18.2 Å². The number of halogens is 4. The van der Waals surface area contributed by atoms with E-state index in [1.54, 1.807) is 18.2 Å². The van der Waals surface area contributed by atoms with Crippen LogP contribution in [0.25, 0.3) is 0 Å². The Morgan fingerprint density at radius 3 is 2.17 bits per heavy atom. The van der Waals surface area contributed by atoms with Crippen molar-refractivity contribution < 1.29 is 17.6 Å². The van der Waals surface area contributed by atoms with Crippen LogP contribution in [0.5, 0.6) is 0 Å². The lowest BCUT2D eigenvalue weighted by Gasteiger charge is -2.36. The number of hydrogen-bond donors (Lipinski definition) is 0. The lowest BCUT2D eigenvalue weighted by molar-refractivity contribution is -0.137. The molecule has 1 saturated heterocycles. The van der Waals surface area contributed by atoms with E-state index in [-0.39, 0.29) is 5.82 Å². The van der Waals surface area contributed by atoms with Crippen molar-refractivity contribution in [3.05, 3.63) is 65.5 Å². The molecule has 2 aromatic rings. The monoisotopic (exact) mass is 338 g/mol. The highest BCUT2D eigenvalue weighted by Crippen LogP contribution is 2.31. The Kier molecular flexibility index (Phi) is 4.76. The molecular formula is C18H18F4N2. The number of anilines is 1. The van der Waals surface area contributed by atoms with Crippen LogP contribution in [0.3, 0.4) is 0 Å². The van der Waals surface area contributed by atoms with Gasteiger partial charge in [0, 0.05) is 38.4 Å². The van der Waals surface area contributed by atoms with E-state index in [0.717, 1.165) is 31.3 Å². The van der Waals surface area contributed by atoms with E-state index in [1.807, 2.05) is 4.90 Å². The second-order valence-electron chi connectivity index (χ2n) is 5.94. The van der Waals surface area contributed by atoms with Gasteiger partial charge in [-0.05, 0) is 35.9 Å². The van der Waals surface area contributed by atoms with Crippen LogP contribution in [-0.2, 0) is 12.7 Å². The lowest BCUT2D eigenvalue weighted by atomic mass is 10.1. The van der Waals surface area contributed by atoms with Gasteiger partial charge in [-0.15, -0.1) is 0 Å². The van der Waals surface area contributed by atoms with E-state index >= 15 is 0 Å². The molecule has 2 aromatic carbocycles. The predicted octanol–water partition coefficient (Wildman–Crippen LogP) is 4.17. The van der Waals surface area contributed by atoms with Gasteiger partial charge in [0.05, 0.1) is 5.56 Å². The minimum atomic E-state index is -4.32. The molecule has 0 saturated carbocycles. The molecule has 0 bridgehead atoms. The number of benzene rings is 2. The van der Waals surface area contributed by atoms with Gasteiger partial charge in [-0.2, -0.15) is 13.2 Å². The average molecular weight is 338 g/mol. The Morgan fingerprint density at radius 2 is 1.54 bits per heavy atom. The number of hydrogen-bond acceptors (Lipinski definition) is 2. The fourth-order valence-corrected chi connectivity index (χ4v) is 2.89. The summed E-state index contributed by atoms with van der Waals surface area (Å²) >= 11 is 0. The summed E-state index contributed by atoms with van der Waals surface area (Å²) in [6.45, 7) is 3.57. The van der Waals surface area contributed by atoms with Gasteiger partial charge in [0.15, 0.2) is 0 Å². The van der Waals surface area contributed by atoms with Crippen molar-refractivity contribution in [3.63, 3.8) is 0 Å². The Balaban J connectivity index is 1.60. The molecule has 0 unspecified atom stereocenters. The van der Waals surface area contributed by atoms with Crippen LogP contribution >= 0.6 is 0 Å². The van der Waals surface area contributed by atoms with E-state index in [0.29, 0.717) is 18.8 Å². The van der Waals surface area contributed by atoms with Crippen LogP contribution in [-0.4, -0.2) is 31.1 Å². The van der Waals surface area contributed by atoms with Crippen LogP contribution in [0.15, 0.2) is 48.5 Å². The summed E-state index contributed by atoms with van der Waals surface area (Å²) in [6, 6.07) is 11.9. The standard InChI is InChI=1S/C18H18F4N2/c19-16-6-4-14(5-7-16)13-23-8-10-24(11-9-23)17-3-1-2-15(12-17)18(20,21)22/h1-7,12H,8-11,13H2. The molecule has 24 heavy (non-hydrogen) atoms. The predicted molar refractivity (Wildman–Crippen MR) is 85.3 cm³/mol. The molecule has 1 fully saturated rings. The van der Waals surface area contributed by atoms with Gasteiger partial charge >= 0.3 is 6.18 Å². The van der Waals surface area contributed by atoms with Crippen LogP contribution in [0, 0.1) is 5.82 Å². The highest BCUT2D eigenvalue weighted by atomic mass is 19.4. The molecule has 2 nitrogen and oxygen atoms in total. The minimum absolute atomic E-state index is 0.256. The maximum atomic E-state index is 12.9. The first-order valence-electron chi connectivity index (χ1n) is 7.81. The highest BCUT2D eigenvalue weighted by Gasteiger charge is 2.31. The zero-order chi connectivity index (χ0) is 17.2. The molecule has 0 aromatic heterocycles. The third-order valence-corrected chi connectivity index (χ3v) is 4.23. The molecule has 0 atom stereocenters. The number of rotatable bonds is 3. The minimum Gasteiger partial charge on any atom is -0.369 e. The maximum absolute atomic E-state index is 12.9. The smallest absolute Gasteiger partial charge is 0.369 e. The fourth-order valence-electron chi connectivity index (χ4n) is 2.89. The van der Waals surface area contributed by atoms with Gasteiger partial charge < -0.3 is 4.90 Å².